The number of anilines is 1. The van der Waals surface area contributed by atoms with Gasteiger partial charge in [-0.3, -0.25) is 20.2 Å². The molecular weight excluding hydrogens is 194 g/mol. The molecule has 0 aliphatic heterocycles. The lowest BCUT2D eigenvalue weighted by Crippen LogP contribution is -1.98. The zero-order valence-electron chi connectivity index (χ0n) is 6.71. The Labute approximate surface area is 76.9 Å². The molecule has 0 radical (unpaired) electrons. The maximum atomic E-state index is 10.4. The highest BCUT2D eigenvalue weighted by molar-refractivity contribution is 5.67. The summed E-state index contributed by atoms with van der Waals surface area (Å²) in [5.74, 6) is -0.553. The molecule has 0 saturated heterocycles. The van der Waals surface area contributed by atoms with Crippen molar-refractivity contribution in [2.45, 2.75) is 0 Å². The quantitative estimate of drug-likeness (QED) is 0.313. The number of rotatable bonds is 2. The fraction of sp³-hybridized carbons (Fsp3) is 0. The second kappa shape index (κ2) is 3.17. The maximum Gasteiger partial charge on any atom is 0.349 e. The molecule has 0 spiro atoms. The third kappa shape index (κ3) is 1.53. The first kappa shape index (κ1) is 9.71. The van der Waals surface area contributed by atoms with Crippen LogP contribution in [0.3, 0.4) is 0 Å². The van der Waals surface area contributed by atoms with Crippen LogP contribution >= 0.6 is 0 Å². The second-order valence-electron chi connectivity index (χ2n) is 2.41. The molecule has 0 fully saturated rings. The van der Waals surface area contributed by atoms with Crippen LogP contribution in [0.25, 0.3) is 0 Å². The summed E-state index contributed by atoms with van der Waals surface area (Å²) in [5.41, 5.74) is 3.34. The lowest BCUT2D eigenvalue weighted by Gasteiger charge is -1.98. The van der Waals surface area contributed by atoms with Crippen molar-refractivity contribution in [2.75, 3.05) is 5.73 Å². The van der Waals surface area contributed by atoms with E-state index in [0.29, 0.717) is 6.07 Å². The molecule has 0 saturated carbocycles. The van der Waals surface area contributed by atoms with Crippen molar-refractivity contribution < 1.29 is 15.0 Å². The summed E-state index contributed by atoms with van der Waals surface area (Å²) in [6.07, 6.45) is 0. The summed E-state index contributed by atoms with van der Waals surface area (Å²) in [7, 11) is 0. The Morgan fingerprint density at radius 2 is 1.57 bits per heavy atom. The molecule has 8 heteroatoms. The SMILES string of the molecule is Nc1cc([N+](=O)[O-])c([N+](=O)[O-])cc1O. The van der Waals surface area contributed by atoms with Crippen molar-refractivity contribution in [3.05, 3.63) is 32.4 Å². The molecule has 14 heavy (non-hydrogen) atoms. The molecule has 0 aliphatic rings. The molecule has 0 bridgehead atoms. The fourth-order valence-corrected chi connectivity index (χ4v) is 0.874. The van der Waals surface area contributed by atoms with Crippen LogP contribution in [-0.2, 0) is 0 Å². The van der Waals surface area contributed by atoms with E-state index in [4.69, 9.17) is 10.8 Å². The Morgan fingerprint density at radius 1 is 1.14 bits per heavy atom. The highest BCUT2D eigenvalue weighted by Crippen LogP contribution is 2.34. The van der Waals surface area contributed by atoms with Gasteiger partial charge in [-0.2, -0.15) is 0 Å². The average Bonchev–Trinajstić information content (AvgIpc) is 2.08. The Balaban J connectivity index is 3.46. The third-order valence-electron chi connectivity index (χ3n) is 1.52. The standard InChI is InChI=1S/C6H5N3O5/c7-3-1-4(8(11)12)5(9(13)14)2-6(3)10/h1-2,10H,7H2. The monoisotopic (exact) mass is 199 g/mol. The van der Waals surface area contributed by atoms with E-state index in [9.17, 15) is 20.2 Å². The van der Waals surface area contributed by atoms with Crippen molar-refractivity contribution in [1.29, 1.82) is 0 Å². The Bertz CT molecular complexity index is 377. The Morgan fingerprint density at radius 3 is 2.00 bits per heavy atom. The Kier molecular flexibility index (Phi) is 2.19. The topological polar surface area (TPSA) is 133 Å². The first-order chi connectivity index (χ1) is 6.43. The summed E-state index contributed by atoms with van der Waals surface area (Å²) in [6.45, 7) is 0. The van der Waals surface area contributed by atoms with Crippen molar-refractivity contribution in [3.63, 3.8) is 0 Å². The summed E-state index contributed by atoms with van der Waals surface area (Å²) in [5, 5.41) is 29.7. The third-order valence-corrected chi connectivity index (χ3v) is 1.52. The summed E-state index contributed by atoms with van der Waals surface area (Å²) in [6, 6.07) is 1.39. The number of phenolic OH excluding ortho intramolecular Hbond substituents is 1. The van der Waals surface area contributed by atoms with E-state index < -0.39 is 27.0 Å². The molecule has 1 rings (SSSR count). The van der Waals surface area contributed by atoms with Crippen LogP contribution in [-0.4, -0.2) is 15.0 Å². The van der Waals surface area contributed by atoms with Gasteiger partial charge in [-0.05, 0) is 0 Å². The predicted molar refractivity (Wildman–Crippen MR) is 45.8 cm³/mol. The number of phenols is 1. The fourth-order valence-electron chi connectivity index (χ4n) is 0.874. The van der Waals surface area contributed by atoms with Crippen LogP contribution in [0.5, 0.6) is 5.75 Å². The molecule has 8 nitrogen and oxygen atoms in total. The molecule has 0 aliphatic carbocycles. The van der Waals surface area contributed by atoms with Crippen LogP contribution in [0.1, 0.15) is 0 Å². The maximum absolute atomic E-state index is 10.4. The number of nitro groups is 2. The molecule has 0 aromatic heterocycles. The molecule has 1 aromatic rings. The van der Waals surface area contributed by atoms with Gasteiger partial charge in [0.25, 0.3) is 0 Å². The van der Waals surface area contributed by atoms with Gasteiger partial charge < -0.3 is 10.8 Å². The highest BCUT2D eigenvalue weighted by Gasteiger charge is 2.25. The van der Waals surface area contributed by atoms with Crippen molar-refractivity contribution in [1.82, 2.24) is 0 Å². The number of hydrogen-bond donors (Lipinski definition) is 2. The number of nitrogens with zero attached hydrogens (tertiary/aromatic N) is 2. The highest BCUT2D eigenvalue weighted by atomic mass is 16.6. The minimum atomic E-state index is -0.961. The van der Waals surface area contributed by atoms with Crippen molar-refractivity contribution in [2.24, 2.45) is 0 Å². The van der Waals surface area contributed by atoms with Gasteiger partial charge in [0, 0.05) is 0 Å². The lowest BCUT2D eigenvalue weighted by molar-refractivity contribution is -0.422. The Hall–Kier alpha value is -2.38. The number of nitrogens with two attached hydrogens (primary N) is 1. The van der Waals surface area contributed by atoms with Gasteiger partial charge in [-0.15, -0.1) is 0 Å². The van der Waals surface area contributed by atoms with Crippen LogP contribution in [0, 0.1) is 20.2 Å². The van der Waals surface area contributed by atoms with Crippen LogP contribution in [0.4, 0.5) is 17.1 Å². The van der Waals surface area contributed by atoms with Gasteiger partial charge in [0.05, 0.1) is 27.7 Å². The number of aromatic hydroxyl groups is 1. The van der Waals surface area contributed by atoms with Crippen molar-refractivity contribution >= 4 is 17.1 Å². The molecule has 0 amide bonds. The van der Waals surface area contributed by atoms with E-state index in [-0.39, 0.29) is 5.69 Å². The molecule has 3 N–H and O–H groups in total. The van der Waals surface area contributed by atoms with Gasteiger partial charge in [0.15, 0.2) is 0 Å². The van der Waals surface area contributed by atoms with Gasteiger partial charge in [0.1, 0.15) is 5.75 Å². The summed E-state index contributed by atoms with van der Waals surface area (Å²) in [4.78, 5) is 18.8. The zero-order chi connectivity index (χ0) is 10.9. The largest absolute Gasteiger partial charge is 0.506 e. The van der Waals surface area contributed by atoms with Gasteiger partial charge in [-0.25, -0.2) is 0 Å². The van der Waals surface area contributed by atoms with Crippen LogP contribution < -0.4 is 5.73 Å². The second-order valence-corrected chi connectivity index (χ2v) is 2.41. The van der Waals surface area contributed by atoms with E-state index in [1.54, 1.807) is 0 Å². The van der Waals surface area contributed by atoms with E-state index in [0.717, 1.165) is 6.07 Å². The number of nitro benzene ring substituents is 2. The van der Waals surface area contributed by atoms with Crippen LogP contribution in [0.2, 0.25) is 0 Å². The first-order valence-corrected chi connectivity index (χ1v) is 3.34. The average molecular weight is 199 g/mol. The van der Waals surface area contributed by atoms with E-state index in [1.807, 2.05) is 0 Å². The summed E-state index contributed by atoms with van der Waals surface area (Å²) >= 11 is 0. The number of benzene rings is 1. The minimum absolute atomic E-state index is 0.276. The number of hydrogen-bond acceptors (Lipinski definition) is 6. The number of nitrogen functional groups attached to an aromatic ring is 1. The smallest absolute Gasteiger partial charge is 0.349 e. The molecular formula is C6H5N3O5. The lowest BCUT2D eigenvalue weighted by atomic mass is 10.2. The molecule has 1 aromatic carbocycles. The summed E-state index contributed by atoms with van der Waals surface area (Å²) < 4.78 is 0. The van der Waals surface area contributed by atoms with Gasteiger partial charge in [-0.1, -0.05) is 0 Å². The first-order valence-electron chi connectivity index (χ1n) is 3.34. The predicted octanol–water partition coefficient (Wildman–Crippen LogP) is 0.791. The van der Waals surface area contributed by atoms with E-state index in [1.165, 1.54) is 0 Å². The van der Waals surface area contributed by atoms with Crippen LogP contribution in [0.15, 0.2) is 12.1 Å². The molecule has 0 heterocycles. The van der Waals surface area contributed by atoms with Crippen molar-refractivity contribution in [3.8, 4) is 5.75 Å². The van der Waals surface area contributed by atoms with E-state index in [2.05, 4.69) is 0 Å². The minimum Gasteiger partial charge on any atom is -0.506 e. The van der Waals surface area contributed by atoms with E-state index >= 15 is 0 Å². The molecule has 0 atom stereocenters. The normalized spacial score (nSPS) is 9.71. The van der Waals surface area contributed by atoms with Gasteiger partial charge in [0.2, 0.25) is 0 Å². The zero-order valence-corrected chi connectivity index (χ0v) is 6.71. The van der Waals surface area contributed by atoms with Gasteiger partial charge >= 0.3 is 11.4 Å². The molecule has 74 valence electrons. The molecule has 0 unspecified atom stereocenters.